The maximum Gasteiger partial charge on any atom is 0.279 e. The highest BCUT2D eigenvalue weighted by atomic mass is 32.2. The molecule has 2 atom stereocenters. The third kappa shape index (κ3) is 5.04. The maximum absolute atomic E-state index is 12.8. The summed E-state index contributed by atoms with van der Waals surface area (Å²) in [7, 11) is -3.44. The molecular formula is C19H31N3O3S. The van der Waals surface area contributed by atoms with Gasteiger partial charge in [0.1, 0.15) is 0 Å². The van der Waals surface area contributed by atoms with Crippen molar-refractivity contribution < 1.29 is 13.2 Å². The second-order valence-corrected chi connectivity index (χ2v) is 9.29. The van der Waals surface area contributed by atoms with E-state index in [1.165, 1.54) is 5.56 Å². The summed E-state index contributed by atoms with van der Waals surface area (Å²) >= 11 is 0. The van der Waals surface area contributed by atoms with Gasteiger partial charge in [-0.3, -0.25) is 4.90 Å². The van der Waals surface area contributed by atoms with E-state index in [-0.39, 0.29) is 6.04 Å². The van der Waals surface area contributed by atoms with Gasteiger partial charge in [-0.05, 0) is 31.2 Å². The van der Waals surface area contributed by atoms with Gasteiger partial charge in [0.15, 0.2) is 0 Å². The lowest BCUT2D eigenvalue weighted by Crippen LogP contribution is -2.49. The number of morpholine rings is 1. The van der Waals surface area contributed by atoms with Gasteiger partial charge in [-0.1, -0.05) is 36.8 Å². The van der Waals surface area contributed by atoms with E-state index in [4.69, 9.17) is 4.74 Å². The van der Waals surface area contributed by atoms with Crippen molar-refractivity contribution in [2.24, 2.45) is 5.92 Å². The number of hydrogen-bond acceptors (Lipinski definition) is 4. The van der Waals surface area contributed by atoms with E-state index in [2.05, 4.69) is 47.7 Å². The molecule has 2 unspecified atom stereocenters. The van der Waals surface area contributed by atoms with Gasteiger partial charge < -0.3 is 4.74 Å². The molecule has 2 fully saturated rings. The maximum atomic E-state index is 12.8. The lowest BCUT2D eigenvalue weighted by Gasteiger charge is -2.36. The molecule has 1 N–H and O–H groups in total. The van der Waals surface area contributed by atoms with Crippen LogP contribution in [0.1, 0.15) is 36.9 Å². The van der Waals surface area contributed by atoms with Gasteiger partial charge in [0.05, 0.1) is 13.2 Å². The summed E-state index contributed by atoms with van der Waals surface area (Å²) in [4.78, 5) is 2.31. The van der Waals surface area contributed by atoms with Crippen molar-refractivity contribution in [3.8, 4) is 0 Å². The lowest BCUT2D eigenvalue weighted by molar-refractivity contribution is 0.0171. The van der Waals surface area contributed by atoms with Crippen molar-refractivity contribution in [2.75, 3.05) is 45.9 Å². The van der Waals surface area contributed by atoms with Crippen molar-refractivity contribution in [1.82, 2.24) is 13.9 Å². The molecule has 0 aromatic heterocycles. The van der Waals surface area contributed by atoms with E-state index in [1.54, 1.807) is 4.31 Å². The molecule has 0 amide bonds. The molecule has 6 nitrogen and oxygen atoms in total. The zero-order chi connectivity index (χ0) is 18.6. The van der Waals surface area contributed by atoms with Crippen LogP contribution in [0.3, 0.4) is 0 Å². The average molecular weight is 382 g/mol. The number of benzene rings is 1. The van der Waals surface area contributed by atoms with Crippen molar-refractivity contribution in [2.45, 2.75) is 32.7 Å². The lowest BCUT2D eigenvalue weighted by atomic mass is 10.0. The van der Waals surface area contributed by atoms with E-state index in [9.17, 15) is 8.42 Å². The van der Waals surface area contributed by atoms with Crippen LogP contribution >= 0.6 is 0 Å². The molecule has 2 aliphatic rings. The van der Waals surface area contributed by atoms with Crippen LogP contribution in [-0.2, 0) is 14.9 Å². The molecule has 146 valence electrons. The molecule has 2 heterocycles. The van der Waals surface area contributed by atoms with Crippen LogP contribution in [0, 0.1) is 12.8 Å². The number of hydrogen-bond donors (Lipinski definition) is 1. The molecule has 0 bridgehead atoms. The van der Waals surface area contributed by atoms with Gasteiger partial charge in [0, 0.05) is 38.8 Å². The Kier molecular flexibility index (Phi) is 6.69. The zero-order valence-electron chi connectivity index (χ0n) is 15.9. The predicted octanol–water partition coefficient (Wildman–Crippen LogP) is 1.93. The summed E-state index contributed by atoms with van der Waals surface area (Å²) in [5.41, 5.74) is 2.35. The van der Waals surface area contributed by atoms with Crippen LogP contribution in [-0.4, -0.2) is 63.6 Å². The molecule has 2 aliphatic heterocycles. The van der Waals surface area contributed by atoms with Gasteiger partial charge in [-0.25, -0.2) is 4.72 Å². The summed E-state index contributed by atoms with van der Waals surface area (Å²) < 4.78 is 35.5. The third-order valence-electron chi connectivity index (χ3n) is 5.37. The first kappa shape index (κ1) is 19.8. The quantitative estimate of drug-likeness (QED) is 0.818. The van der Waals surface area contributed by atoms with E-state index < -0.39 is 10.2 Å². The number of aryl methyl sites for hydroxylation is 1. The first-order valence-electron chi connectivity index (χ1n) is 9.59. The minimum Gasteiger partial charge on any atom is -0.379 e. The van der Waals surface area contributed by atoms with Gasteiger partial charge in [-0.15, -0.1) is 0 Å². The summed E-state index contributed by atoms with van der Waals surface area (Å²) in [5, 5.41) is 0. The van der Waals surface area contributed by atoms with Crippen LogP contribution in [0.15, 0.2) is 24.3 Å². The van der Waals surface area contributed by atoms with Crippen molar-refractivity contribution in [3.63, 3.8) is 0 Å². The molecule has 26 heavy (non-hydrogen) atoms. The number of nitrogens with zero attached hydrogens (tertiary/aromatic N) is 2. The Labute approximate surface area is 157 Å². The Bertz CT molecular complexity index is 672. The van der Waals surface area contributed by atoms with E-state index >= 15 is 0 Å². The molecule has 0 spiro atoms. The van der Waals surface area contributed by atoms with Gasteiger partial charge >= 0.3 is 0 Å². The molecule has 1 aromatic carbocycles. The summed E-state index contributed by atoms with van der Waals surface area (Å²) in [6, 6.07) is 8.41. The zero-order valence-corrected chi connectivity index (χ0v) is 16.7. The first-order valence-corrected chi connectivity index (χ1v) is 11.0. The SMILES string of the molecule is Cc1ccc(C(CNS(=O)(=O)N2CCCC(C)C2)N2CCOCC2)cc1. The number of piperidine rings is 1. The minimum absolute atomic E-state index is 0.0245. The Hall–Kier alpha value is -0.990. The molecule has 0 aliphatic carbocycles. The van der Waals surface area contributed by atoms with Crippen molar-refractivity contribution >= 4 is 10.2 Å². The third-order valence-corrected chi connectivity index (χ3v) is 6.91. The fraction of sp³-hybridized carbons (Fsp3) is 0.684. The highest BCUT2D eigenvalue weighted by Gasteiger charge is 2.29. The number of ether oxygens (including phenoxy) is 1. The van der Waals surface area contributed by atoms with E-state index in [0.29, 0.717) is 38.8 Å². The van der Waals surface area contributed by atoms with Crippen LogP contribution < -0.4 is 4.72 Å². The monoisotopic (exact) mass is 381 g/mol. The van der Waals surface area contributed by atoms with Gasteiger partial charge in [0.2, 0.25) is 0 Å². The van der Waals surface area contributed by atoms with Crippen LogP contribution in [0.5, 0.6) is 0 Å². The van der Waals surface area contributed by atoms with Gasteiger partial charge in [0.25, 0.3) is 10.2 Å². The summed E-state index contributed by atoms with van der Waals surface area (Å²) in [6.45, 7) is 8.82. The van der Waals surface area contributed by atoms with E-state index in [1.807, 2.05) is 0 Å². The predicted molar refractivity (Wildman–Crippen MR) is 103 cm³/mol. The standard InChI is InChI=1S/C19H31N3O3S/c1-16-5-7-18(8-6-16)19(21-10-12-25-13-11-21)14-20-26(23,24)22-9-3-4-17(2)15-22/h5-8,17,19-20H,3-4,9-15H2,1-2H3. The summed E-state index contributed by atoms with van der Waals surface area (Å²) in [6.07, 6.45) is 2.04. The molecule has 3 rings (SSSR count). The molecule has 0 saturated carbocycles. The first-order chi connectivity index (χ1) is 12.5. The van der Waals surface area contributed by atoms with E-state index in [0.717, 1.165) is 31.5 Å². The fourth-order valence-corrected chi connectivity index (χ4v) is 5.15. The van der Waals surface area contributed by atoms with Crippen molar-refractivity contribution in [1.29, 1.82) is 0 Å². The topological polar surface area (TPSA) is 61.9 Å². The Morgan fingerprint density at radius 1 is 1.19 bits per heavy atom. The molecule has 0 radical (unpaired) electrons. The Morgan fingerprint density at radius 2 is 1.88 bits per heavy atom. The molecule has 2 saturated heterocycles. The fourth-order valence-electron chi connectivity index (χ4n) is 3.78. The second kappa shape index (κ2) is 8.80. The van der Waals surface area contributed by atoms with Crippen LogP contribution in [0.25, 0.3) is 0 Å². The minimum atomic E-state index is -3.44. The molecule has 1 aromatic rings. The van der Waals surface area contributed by atoms with Gasteiger partial charge in [-0.2, -0.15) is 12.7 Å². The molecule has 7 heteroatoms. The smallest absolute Gasteiger partial charge is 0.279 e. The molecular weight excluding hydrogens is 350 g/mol. The highest BCUT2D eigenvalue weighted by molar-refractivity contribution is 7.87. The summed E-state index contributed by atoms with van der Waals surface area (Å²) in [5.74, 6) is 0.424. The largest absolute Gasteiger partial charge is 0.379 e. The van der Waals surface area contributed by atoms with Crippen LogP contribution in [0.2, 0.25) is 0 Å². The number of nitrogens with one attached hydrogen (secondary N) is 1. The number of rotatable bonds is 6. The average Bonchev–Trinajstić information content (AvgIpc) is 2.64. The Balaban J connectivity index is 1.71. The second-order valence-electron chi connectivity index (χ2n) is 7.53. The Morgan fingerprint density at radius 3 is 2.54 bits per heavy atom. The van der Waals surface area contributed by atoms with Crippen molar-refractivity contribution in [3.05, 3.63) is 35.4 Å². The normalized spacial score (nSPS) is 24.5. The highest BCUT2D eigenvalue weighted by Crippen LogP contribution is 2.23. The van der Waals surface area contributed by atoms with Crippen LogP contribution in [0.4, 0.5) is 0 Å².